The van der Waals surface area contributed by atoms with E-state index in [1.54, 1.807) is 10.7 Å². The molecular weight excluding hydrogens is 290 g/mol. The highest BCUT2D eigenvalue weighted by Gasteiger charge is 2.24. The summed E-state index contributed by atoms with van der Waals surface area (Å²) in [5.74, 6) is -0.165. The standard InChI is InChI=1S/C17H19N5O/c1-11-6-16(21-22(11)5-4-18)17(23)20-15-8-13-3-2-12(10-19)7-14(13)9-15/h2-3,6-7,15H,4-5,8-9,18H2,1H3,(H,20,23). The normalized spacial score (nSPS) is 16.0. The number of carbonyl (C=O) groups excluding carboxylic acids is 1. The minimum absolute atomic E-state index is 0.0476. The molecule has 0 spiro atoms. The van der Waals surface area contributed by atoms with Crippen LogP contribution < -0.4 is 11.1 Å². The predicted octanol–water partition coefficient (Wildman–Crippen LogP) is 0.919. The number of nitrogens with one attached hydrogen (secondary N) is 1. The van der Waals surface area contributed by atoms with E-state index in [1.807, 2.05) is 25.1 Å². The summed E-state index contributed by atoms with van der Waals surface area (Å²) < 4.78 is 1.75. The van der Waals surface area contributed by atoms with Crippen LogP contribution in [-0.2, 0) is 19.4 Å². The first kappa shape index (κ1) is 15.3. The van der Waals surface area contributed by atoms with Crippen LogP contribution in [0, 0.1) is 18.3 Å². The number of nitrogens with two attached hydrogens (primary N) is 1. The molecule has 1 aliphatic carbocycles. The molecule has 1 atom stereocenters. The number of fused-ring (bicyclic) bond motifs is 1. The second kappa shape index (κ2) is 6.23. The number of hydrogen-bond acceptors (Lipinski definition) is 4. The fraction of sp³-hybridized carbons (Fsp3) is 0.353. The molecule has 0 saturated carbocycles. The zero-order valence-electron chi connectivity index (χ0n) is 13.0. The Morgan fingerprint density at radius 2 is 2.22 bits per heavy atom. The van der Waals surface area contributed by atoms with Crippen molar-refractivity contribution in [2.45, 2.75) is 32.4 Å². The van der Waals surface area contributed by atoms with Crippen LogP contribution in [0.25, 0.3) is 0 Å². The van der Waals surface area contributed by atoms with Gasteiger partial charge in [0.2, 0.25) is 0 Å². The Morgan fingerprint density at radius 3 is 2.96 bits per heavy atom. The molecule has 0 saturated heterocycles. The van der Waals surface area contributed by atoms with Gasteiger partial charge in [-0.15, -0.1) is 0 Å². The van der Waals surface area contributed by atoms with Crippen LogP contribution in [0.1, 0.15) is 32.9 Å². The molecule has 0 bridgehead atoms. The van der Waals surface area contributed by atoms with Crippen molar-refractivity contribution in [2.24, 2.45) is 5.73 Å². The number of aromatic nitrogens is 2. The fourth-order valence-corrected chi connectivity index (χ4v) is 3.02. The number of benzene rings is 1. The maximum absolute atomic E-state index is 12.4. The van der Waals surface area contributed by atoms with Gasteiger partial charge in [0.15, 0.2) is 0 Å². The average molecular weight is 309 g/mol. The van der Waals surface area contributed by atoms with Gasteiger partial charge in [-0.2, -0.15) is 10.4 Å². The molecule has 0 fully saturated rings. The van der Waals surface area contributed by atoms with Crippen LogP contribution in [-0.4, -0.2) is 28.3 Å². The van der Waals surface area contributed by atoms with E-state index in [0.717, 1.165) is 24.1 Å². The van der Waals surface area contributed by atoms with Crippen molar-refractivity contribution in [3.05, 3.63) is 52.3 Å². The molecule has 1 aromatic heterocycles. The summed E-state index contributed by atoms with van der Waals surface area (Å²) in [5.41, 5.74) is 9.87. The quantitative estimate of drug-likeness (QED) is 0.877. The predicted molar refractivity (Wildman–Crippen MR) is 85.8 cm³/mol. The fourth-order valence-electron chi connectivity index (χ4n) is 3.02. The lowest BCUT2D eigenvalue weighted by atomic mass is 10.1. The summed E-state index contributed by atoms with van der Waals surface area (Å²) in [5, 5.41) is 16.3. The number of rotatable bonds is 4. The maximum Gasteiger partial charge on any atom is 0.272 e. The summed E-state index contributed by atoms with van der Waals surface area (Å²) in [6.45, 7) is 3.00. The second-order valence-corrected chi connectivity index (χ2v) is 5.86. The van der Waals surface area contributed by atoms with E-state index in [1.165, 1.54) is 5.56 Å². The summed E-state index contributed by atoms with van der Waals surface area (Å²) in [6, 6.07) is 9.67. The molecule has 2 aromatic rings. The largest absolute Gasteiger partial charge is 0.347 e. The molecule has 1 aliphatic rings. The molecular formula is C17H19N5O. The van der Waals surface area contributed by atoms with Gasteiger partial charge in [-0.25, -0.2) is 0 Å². The third-order valence-corrected chi connectivity index (χ3v) is 4.16. The molecule has 1 amide bonds. The van der Waals surface area contributed by atoms with Crippen LogP contribution in [0.3, 0.4) is 0 Å². The third-order valence-electron chi connectivity index (χ3n) is 4.16. The van der Waals surface area contributed by atoms with Gasteiger partial charge in [0.25, 0.3) is 5.91 Å². The van der Waals surface area contributed by atoms with E-state index in [-0.39, 0.29) is 11.9 Å². The van der Waals surface area contributed by atoms with E-state index in [0.29, 0.717) is 24.3 Å². The molecule has 118 valence electrons. The van der Waals surface area contributed by atoms with Crippen LogP contribution in [0.2, 0.25) is 0 Å². The smallest absolute Gasteiger partial charge is 0.272 e. The Morgan fingerprint density at radius 1 is 1.43 bits per heavy atom. The Balaban J connectivity index is 1.68. The molecule has 0 aliphatic heterocycles. The number of nitrogens with zero attached hydrogens (tertiary/aromatic N) is 3. The first-order valence-corrected chi connectivity index (χ1v) is 7.68. The van der Waals surface area contributed by atoms with Gasteiger partial charge in [-0.3, -0.25) is 9.48 Å². The van der Waals surface area contributed by atoms with E-state index in [4.69, 9.17) is 11.0 Å². The van der Waals surface area contributed by atoms with Gasteiger partial charge < -0.3 is 11.1 Å². The third kappa shape index (κ3) is 3.10. The second-order valence-electron chi connectivity index (χ2n) is 5.86. The van der Waals surface area contributed by atoms with Gasteiger partial charge >= 0.3 is 0 Å². The Kier molecular flexibility index (Phi) is 4.13. The highest BCUT2D eigenvalue weighted by atomic mass is 16.2. The van der Waals surface area contributed by atoms with Crippen molar-refractivity contribution >= 4 is 5.91 Å². The molecule has 1 aromatic carbocycles. The monoisotopic (exact) mass is 309 g/mol. The SMILES string of the molecule is Cc1cc(C(=O)NC2Cc3ccc(C#N)cc3C2)nn1CCN. The number of nitriles is 1. The lowest BCUT2D eigenvalue weighted by Crippen LogP contribution is -2.35. The first-order valence-electron chi connectivity index (χ1n) is 7.68. The van der Waals surface area contributed by atoms with E-state index >= 15 is 0 Å². The molecule has 0 radical (unpaired) electrons. The molecule has 1 unspecified atom stereocenters. The van der Waals surface area contributed by atoms with Gasteiger partial charge in [-0.05, 0) is 49.1 Å². The number of hydrogen-bond donors (Lipinski definition) is 2. The minimum Gasteiger partial charge on any atom is -0.347 e. The van der Waals surface area contributed by atoms with E-state index in [2.05, 4.69) is 16.5 Å². The molecule has 6 heteroatoms. The highest BCUT2D eigenvalue weighted by molar-refractivity contribution is 5.92. The summed E-state index contributed by atoms with van der Waals surface area (Å²) >= 11 is 0. The maximum atomic E-state index is 12.4. The molecule has 3 N–H and O–H groups in total. The van der Waals surface area contributed by atoms with Crippen molar-refractivity contribution in [1.29, 1.82) is 5.26 Å². The lowest BCUT2D eigenvalue weighted by molar-refractivity contribution is 0.0932. The average Bonchev–Trinajstić information content (AvgIpc) is 3.10. The van der Waals surface area contributed by atoms with Gasteiger partial charge in [0.05, 0.1) is 18.2 Å². The molecule has 3 rings (SSSR count). The van der Waals surface area contributed by atoms with Gasteiger partial charge in [-0.1, -0.05) is 6.07 Å². The zero-order chi connectivity index (χ0) is 16.4. The summed E-state index contributed by atoms with van der Waals surface area (Å²) in [4.78, 5) is 12.4. The number of carbonyl (C=O) groups is 1. The molecule has 1 heterocycles. The number of amides is 1. The van der Waals surface area contributed by atoms with E-state index < -0.39 is 0 Å². The Hall–Kier alpha value is -2.65. The zero-order valence-corrected chi connectivity index (χ0v) is 13.0. The minimum atomic E-state index is -0.165. The molecule has 23 heavy (non-hydrogen) atoms. The highest BCUT2D eigenvalue weighted by Crippen LogP contribution is 2.23. The summed E-state index contributed by atoms with van der Waals surface area (Å²) in [7, 11) is 0. The van der Waals surface area contributed by atoms with Crippen molar-refractivity contribution in [1.82, 2.24) is 15.1 Å². The van der Waals surface area contributed by atoms with Crippen molar-refractivity contribution in [2.75, 3.05) is 6.54 Å². The van der Waals surface area contributed by atoms with Gasteiger partial charge in [0.1, 0.15) is 5.69 Å². The topological polar surface area (TPSA) is 96.7 Å². The summed E-state index contributed by atoms with van der Waals surface area (Å²) in [6.07, 6.45) is 1.54. The Labute approximate surface area is 134 Å². The van der Waals surface area contributed by atoms with Gasteiger partial charge in [0, 0.05) is 18.3 Å². The lowest BCUT2D eigenvalue weighted by Gasteiger charge is -2.10. The van der Waals surface area contributed by atoms with Crippen molar-refractivity contribution in [3.8, 4) is 6.07 Å². The van der Waals surface area contributed by atoms with Crippen LogP contribution in [0.5, 0.6) is 0 Å². The van der Waals surface area contributed by atoms with Crippen LogP contribution in [0.15, 0.2) is 24.3 Å². The number of aryl methyl sites for hydroxylation is 1. The van der Waals surface area contributed by atoms with Crippen LogP contribution >= 0.6 is 0 Å². The Bertz CT molecular complexity index is 787. The van der Waals surface area contributed by atoms with Crippen LogP contribution in [0.4, 0.5) is 0 Å². The van der Waals surface area contributed by atoms with Crippen molar-refractivity contribution in [3.63, 3.8) is 0 Å². The van der Waals surface area contributed by atoms with E-state index in [9.17, 15) is 4.79 Å². The molecule has 6 nitrogen and oxygen atoms in total. The first-order chi connectivity index (χ1) is 11.1. The van der Waals surface area contributed by atoms with Crippen molar-refractivity contribution < 1.29 is 4.79 Å².